The summed E-state index contributed by atoms with van der Waals surface area (Å²) >= 11 is 0. The molecule has 1 atom stereocenters. The Bertz CT molecular complexity index is 922. The summed E-state index contributed by atoms with van der Waals surface area (Å²) < 4.78 is 52.1. The van der Waals surface area contributed by atoms with E-state index in [2.05, 4.69) is 8.13 Å². The second kappa shape index (κ2) is 7.60. The molecule has 27 heavy (non-hydrogen) atoms. The van der Waals surface area contributed by atoms with Crippen LogP contribution < -0.4 is 18.7 Å². The van der Waals surface area contributed by atoms with Crippen molar-refractivity contribution in [1.82, 2.24) is 0 Å². The van der Waals surface area contributed by atoms with Crippen LogP contribution in [0.1, 0.15) is 11.1 Å². The first-order chi connectivity index (χ1) is 12.8. The zero-order chi connectivity index (χ0) is 19.6. The van der Waals surface area contributed by atoms with Crippen LogP contribution >= 0.6 is 11.0 Å². The molecule has 0 radical (unpaired) electrons. The highest BCUT2D eigenvalue weighted by Crippen LogP contribution is 2.33. The fourth-order valence-corrected chi connectivity index (χ4v) is 3.89. The minimum Gasteiger partial charge on any atom is -0.497 e. The molecule has 142 valence electrons. The molecule has 2 aromatic rings. The molecule has 0 saturated heterocycles. The summed E-state index contributed by atoms with van der Waals surface area (Å²) in [6.45, 7) is 0. The third-order valence-corrected chi connectivity index (χ3v) is 5.36. The predicted octanol–water partition coefficient (Wildman–Crippen LogP) is -0.429. The number of rotatable bonds is 6. The highest BCUT2D eigenvalue weighted by molar-refractivity contribution is 8.11. The van der Waals surface area contributed by atoms with Gasteiger partial charge in [0, 0.05) is 23.3 Å². The van der Waals surface area contributed by atoms with Gasteiger partial charge >= 0.3 is 0 Å². The Labute approximate surface area is 157 Å². The van der Waals surface area contributed by atoms with Crippen molar-refractivity contribution in [2.75, 3.05) is 7.11 Å². The lowest BCUT2D eigenvalue weighted by Gasteiger charge is -2.11. The molecule has 3 rings (SSSR count). The van der Waals surface area contributed by atoms with Gasteiger partial charge < -0.3 is 9.47 Å². The van der Waals surface area contributed by atoms with Gasteiger partial charge in [-0.2, -0.15) is 14.0 Å². The lowest BCUT2D eigenvalue weighted by atomic mass is 10.2. The lowest BCUT2D eigenvalue weighted by Crippen LogP contribution is -2.60. The Morgan fingerprint density at radius 2 is 1.63 bits per heavy atom. The number of nitro benzene ring substituents is 1. The van der Waals surface area contributed by atoms with Crippen LogP contribution in [0.5, 0.6) is 5.75 Å². The second-order valence-electron chi connectivity index (χ2n) is 5.01. The van der Waals surface area contributed by atoms with E-state index in [1.807, 2.05) is 0 Å². The van der Waals surface area contributed by atoms with Gasteiger partial charge in [-0.05, 0) is 36.4 Å². The van der Waals surface area contributed by atoms with E-state index in [0.717, 1.165) is 0 Å². The van der Waals surface area contributed by atoms with Crippen molar-refractivity contribution >= 4 is 27.6 Å². The Morgan fingerprint density at radius 1 is 1.04 bits per heavy atom. The number of benzene rings is 2. The zero-order valence-corrected chi connectivity index (χ0v) is 15.1. The maximum atomic E-state index is 11.0. The quantitative estimate of drug-likeness (QED) is 0.350. The van der Waals surface area contributed by atoms with Crippen LogP contribution in [0.15, 0.2) is 52.9 Å². The van der Waals surface area contributed by atoms with Crippen LogP contribution in [0.2, 0.25) is 0 Å². The molecule has 0 saturated carbocycles. The predicted molar refractivity (Wildman–Crippen MR) is 86.5 cm³/mol. The minimum absolute atomic E-state index is 0.0120. The van der Waals surface area contributed by atoms with Crippen LogP contribution in [0, 0.1) is 20.4 Å². The van der Waals surface area contributed by atoms with Gasteiger partial charge in [0.05, 0.1) is 22.3 Å². The van der Waals surface area contributed by atoms with Gasteiger partial charge in [-0.1, -0.05) is 0 Å². The monoisotopic (exact) mass is 414 g/mol. The van der Waals surface area contributed by atoms with Crippen molar-refractivity contribution in [2.24, 2.45) is 4.40 Å². The third kappa shape index (κ3) is 4.60. The van der Waals surface area contributed by atoms with Crippen LogP contribution in [0.25, 0.3) is 0 Å². The second-order valence-corrected chi connectivity index (χ2v) is 7.32. The van der Waals surface area contributed by atoms with Gasteiger partial charge in [0.25, 0.3) is 16.6 Å². The molecular formula is C15H11ClN2O8S. The van der Waals surface area contributed by atoms with E-state index in [1.165, 1.54) is 31.4 Å². The molecule has 0 amide bonds. The average Bonchev–Trinajstić information content (AvgIpc) is 3.03. The molecular weight excluding hydrogens is 404 g/mol. The number of halogens is 1. The summed E-state index contributed by atoms with van der Waals surface area (Å²) in [6.07, 6.45) is 0. The number of ether oxygens (including phenoxy) is 2. The Morgan fingerprint density at radius 3 is 2.15 bits per heavy atom. The van der Waals surface area contributed by atoms with Gasteiger partial charge in [-0.25, -0.2) is 0 Å². The Kier molecular flexibility index (Phi) is 5.41. The van der Waals surface area contributed by atoms with Crippen LogP contribution in [0.3, 0.4) is 0 Å². The summed E-state index contributed by atoms with van der Waals surface area (Å²) in [5, 5.41) is 10.8. The lowest BCUT2D eigenvalue weighted by molar-refractivity contribution is -1.91. The van der Waals surface area contributed by atoms with Gasteiger partial charge in [0.2, 0.25) is 10.9 Å². The van der Waals surface area contributed by atoms with Crippen molar-refractivity contribution in [3.8, 4) is 5.75 Å². The van der Waals surface area contributed by atoms with Gasteiger partial charge in [0.1, 0.15) is 5.75 Å². The molecule has 0 aliphatic carbocycles. The van der Waals surface area contributed by atoms with E-state index in [4.69, 9.17) is 9.47 Å². The highest BCUT2D eigenvalue weighted by atomic mass is 35.7. The molecule has 0 N–H and O–H groups in total. The number of methoxy groups -OCH3 is 1. The van der Waals surface area contributed by atoms with Crippen molar-refractivity contribution in [2.45, 2.75) is 0 Å². The van der Waals surface area contributed by atoms with Crippen molar-refractivity contribution in [3.63, 3.8) is 0 Å². The van der Waals surface area contributed by atoms with Crippen molar-refractivity contribution in [1.29, 1.82) is 0 Å². The maximum absolute atomic E-state index is 11.0. The molecule has 1 heterocycles. The summed E-state index contributed by atoms with van der Waals surface area (Å²) in [6, 6.07) is 11.7. The highest BCUT2D eigenvalue weighted by Gasteiger charge is 2.33. The Balaban J connectivity index is 1.94. The van der Waals surface area contributed by atoms with Crippen molar-refractivity contribution in [3.05, 3.63) is 69.8 Å². The molecule has 10 nitrogen and oxygen atoms in total. The van der Waals surface area contributed by atoms with Crippen LogP contribution in [-0.2, 0) is 8.47 Å². The number of hydrogen-bond acceptors (Lipinski definition) is 9. The molecule has 1 aliphatic rings. The van der Waals surface area contributed by atoms with Crippen molar-refractivity contribution < 1.29 is 42.4 Å². The van der Waals surface area contributed by atoms with E-state index in [1.54, 1.807) is 24.3 Å². The standard InChI is InChI=1S/C15H11ClN2O8S/c1-24-13-8-4-11(5-9-13)15-25-14(17-27(15)26-16(19,20)21)10-2-6-12(7-3-10)18(22)23/h2-9H,1H3. The van der Waals surface area contributed by atoms with Gasteiger partial charge in [0.15, 0.2) is 3.74 Å². The zero-order valence-electron chi connectivity index (χ0n) is 13.6. The third-order valence-electron chi connectivity index (χ3n) is 3.30. The summed E-state index contributed by atoms with van der Waals surface area (Å²) in [7, 11) is -5.11. The molecule has 0 bridgehead atoms. The number of non-ortho nitro benzene ring substituents is 1. The molecule has 1 unspecified atom stereocenters. The molecule has 0 spiro atoms. The molecule has 2 aromatic carbocycles. The Hall–Kier alpha value is -2.54. The first kappa shape index (κ1) is 19.2. The van der Waals surface area contributed by atoms with Crippen LogP contribution in [0.4, 0.5) is 5.69 Å². The van der Waals surface area contributed by atoms with E-state index in [9.17, 15) is 24.1 Å². The molecule has 0 fully saturated rings. The van der Waals surface area contributed by atoms with E-state index in [-0.39, 0.29) is 16.6 Å². The molecule has 12 heteroatoms. The fraction of sp³-hybridized carbons (Fsp3) is 0.0667. The van der Waals surface area contributed by atoms with Gasteiger partial charge in [-0.3, -0.25) is 10.1 Å². The number of nitrogens with zero attached hydrogens (tertiary/aromatic N) is 2. The maximum Gasteiger partial charge on any atom is 0.274 e. The summed E-state index contributed by atoms with van der Waals surface area (Å²) in [5.41, 5.74) is 0.649. The normalized spacial score (nSPS) is 16.7. The average molecular weight is 415 g/mol. The van der Waals surface area contributed by atoms with E-state index in [0.29, 0.717) is 16.9 Å². The van der Waals surface area contributed by atoms with Gasteiger partial charge in [-0.15, -0.1) is 4.40 Å². The summed E-state index contributed by atoms with van der Waals surface area (Å²) in [5.74, 6) is 0.530. The minimum atomic E-state index is -4.75. The van der Waals surface area contributed by atoms with Crippen LogP contribution in [-0.4, -0.2) is 23.0 Å². The topological polar surface area (TPSA) is 152 Å². The smallest absolute Gasteiger partial charge is 0.274 e. The molecule has 0 aromatic heterocycles. The fourth-order valence-electron chi connectivity index (χ4n) is 2.10. The van der Waals surface area contributed by atoms with E-state index >= 15 is 0 Å². The first-order valence-corrected chi connectivity index (χ1v) is 9.49. The summed E-state index contributed by atoms with van der Waals surface area (Å²) in [4.78, 5) is 10.2. The first-order valence-electron chi connectivity index (χ1n) is 7.15. The largest absolute Gasteiger partial charge is 0.497 e. The van der Waals surface area contributed by atoms with E-state index < -0.39 is 26.1 Å². The number of nitro groups is 1. The number of hydrogen-bond donors (Lipinski definition) is 0. The SMILES string of the molecule is COc1ccc(C2=S(O[Cl+3]([O-])([O-])[O-])N=C(c3ccc([N+](=O)[O-])cc3)O2)cc1. The molecule has 1 aliphatic heterocycles.